The first-order valence-corrected chi connectivity index (χ1v) is 7.44. The van der Waals surface area contributed by atoms with Gasteiger partial charge in [0.2, 0.25) is 0 Å². The normalized spacial score (nSPS) is 14.6. The van der Waals surface area contributed by atoms with Gasteiger partial charge in [0.15, 0.2) is 0 Å². The molecule has 0 unspecified atom stereocenters. The van der Waals surface area contributed by atoms with E-state index >= 15 is 0 Å². The van der Waals surface area contributed by atoms with Crippen molar-refractivity contribution >= 4 is 9.45 Å². The molecule has 0 heterocycles. The summed E-state index contributed by atoms with van der Waals surface area (Å²) in [6.07, 6.45) is 0. The molecule has 0 aliphatic carbocycles. The van der Waals surface area contributed by atoms with E-state index in [-0.39, 0.29) is 16.7 Å². The lowest BCUT2D eigenvalue weighted by Crippen LogP contribution is -2.55. The van der Waals surface area contributed by atoms with Gasteiger partial charge in [-0.25, -0.2) is 0 Å². The van der Waals surface area contributed by atoms with Gasteiger partial charge >= 0.3 is 9.45 Å². The third-order valence-corrected chi connectivity index (χ3v) is 4.42. The molecule has 0 atom stereocenters. The second kappa shape index (κ2) is 5.17. The standard InChI is InChI=1S/C12H29NO2Si/c1-10(2,3)13-16(14-11(4,5)6)15-12(7,8)9/h13,16H,1-9H3. The van der Waals surface area contributed by atoms with Crippen LogP contribution in [0.15, 0.2) is 0 Å². The van der Waals surface area contributed by atoms with E-state index in [9.17, 15) is 0 Å². The van der Waals surface area contributed by atoms with Crippen LogP contribution in [-0.2, 0) is 8.85 Å². The largest absolute Gasteiger partial charge is 0.409 e. The molecule has 1 N–H and O–H groups in total. The highest BCUT2D eigenvalue weighted by molar-refractivity contribution is 6.41. The summed E-state index contributed by atoms with van der Waals surface area (Å²) in [5.41, 5.74) is -0.311. The molecule has 4 heteroatoms. The summed E-state index contributed by atoms with van der Waals surface area (Å²) < 4.78 is 12.0. The van der Waals surface area contributed by atoms with E-state index in [1.165, 1.54) is 0 Å². The highest BCUT2D eigenvalue weighted by Gasteiger charge is 2.30. The van der Waals surface area contributed by atoms with Gasteiger partial charge < -0.3 is 8.85 Å². The molecule has 0 rings (SSSR count). The van der Waals surface area contributed by atoms with E-state index in [0.29, 0.717) is 0 Å². The Morgan fingerprint density at radius 3 is 1.19 bits per heavy atom. The molecule has 0 bridgehead atoms. The molecule has 16 heavy (non-hydrogen) atoms. The van der Waals surface area contributed by atoms with Gasteiger partial charge in [0.1, 0.15) is 0 Å². The molecule has 0 aromatic rings. The Kier molecular flexibility index (Phi) is 5.20. The molecule has 0 aliphatic rings. The fourth-order valence-electron chi connectivity index (χ4n) is 1.08. The van der Waals surface area contributed by atoms with Crippen LogP contribution in [0.25, 0.3) is 0 Å². The Bertz CT molecular complexity index is 172. The van der Waals surface area contributed by atoms with E-state index in [1.807, 2.05) is 0 Å². The molecule has 0 aromatic heterocycles. The number of nitrogens with one attached hydrogen (secondary N) is 1. The van der Waals surface area contributed by atoms with Gasteiger partial charge in [-0.1, -0.05) is 0 Å². The van der Waals surface area contributed by atoms with Crippen molar-refractivity contribution in [3.63, 3.8) is 0 Å². The summed E-state index contributed by atoms with van der Waals surface area (Å²) in [4.78, 5) is 3.46. The molecule has 0 saturated carbocycles. The van der Waals surface area contributed by atoms with Gasteiger partial charge in [0.05, 0.1) is 11.2 Å². The smallest absolute Gasteiger partial charge is 0.380 e. The zero-order chi connectivity index (χ0) is 13.2. The Morgan fingerprint density at radius 2 is 1.00 bits per heavy atom. The second-order valence-corrected chi connectivity index (χ2v) is 8.61. The van der Waals surface area contributed by atoms with Crippen LogP contribution in [0, 0.1) is 0 Å². The maximum Gasteiger partial charge on any atom is 0.409 e. The van der Waals surface area contributed by atoms with Gasteiger partial charge in [-0.05, 0) is 62.3 Å². The van der Waals surface area contributed by atoms with E-state index in [0.717, 1.165) is 0 Å². The first-order valence-electron chi connectivity index (χ1n) is 5.92. The minimum Gasteiger partial charge on any atom is -0.380 e. The molecule has 0 amide bonds. The first kappa shape index (κ1) is 16.1. The van der Waals surface area contributed by atoms with Gasteiger partial charge in [-0.3, -0.25) is 4.98 Å². The average molecular weight is 247 g/mol. The van der Waals surface area contributed by atoms with Crippen molar-refractivity contribution in [1.82, 2.24) is 4.98 Å². The number of hydrogen-bond donors (Lipinski definition) is 1. The van der Waals surface area contributed by atoms with Crippen molar-refractivity contribution in [1.29, 1.82) is 0 Å². The molecule has 0 radical (unpaired) electrons. The molecule has 0 aliphatic heterocycles. The van der Waals surface area contributed by atoms with Gasteiger partial charge in [0.25, 0.3) is 0 Å². The lowest BCUT2D eigenvalue weighted by molar-refractivity contribution is 0.0247. The van der Waals surface area contributed by atoms with Crippen LogP contribution in [0.1, 0.15) is 62.3 Å². The highest BCUT2D eigenvalue weighted by atomic mass is 28.3. The summed E-state index contributed by atoms with van der Waals surface area (Å²) >= 11 is 0. The zero-order valence-corrected chi connectivity index (χ0v) is 13.5. The number of hydrogen-bond acceptors (Lipinski definition) is 3. The topological polar surface area (TPSA) is 30.5 Å². The van der Waals surface area contributed by atoms with Gasteiger partial charge in [-0.15, -0.1) is 0 Å². The van der Waals surface area contributed by atoms with E-state index in [2.05, 4.69) is 67.3 Å². The minimum atomic E-state index is -1.86. The lowest BCUT2D eigenvalue weighted by Gasteiger charge is -2.35. The van der Waals surface area contributed by atoms with Crippen LogP contribution >= 0.6 is 0 Å². The van der Waals surface area contributed by atoms with Crippen LogP contribution in [0.3, 0.4) is 0 Å². The number of rotatable bonds is 3. The van der Waals surface area contributed by atoms with Gasteiger partial charge in [-0.2, -0.15) is 0 Å². The summed E-state index contributed by atoms with van der Waals surface area (Å²) in [5, 5.41) is 0. The van der Waals surface area contributed by atoms with Crippen LogP contribution in [0.2, 0.25) is 0 Å². The molecule has 0 fully saturated rings. The second-order valence-electron chi connectivity index (χ2n) is 7.19. The minimum absolute atomic E-state index is 0.0212. The molecule has 98 valence electrons. The molecule has 3 nitrogen and oxygen atoms in total. The Hall–Kier alpha value is 0.0969. The predicted octanol–water partition coefficient (Wildman–Crippen LogP) is 2.72. The third kappa shape index (κ3) is 10.6. The first-order chi connectivity index (χ1) is 6.79. The zero-order valence-electron chi connectivity index (χ0n) is 12.4. The Labute approximate surface area is 103 Å². The quantitative estimate of drug-likeness (QED) is 0.778. The maximum atomic E-state index is 6.00. The average Bonchev–Trinajstić information content (AvgIpc) is 1.70. The van der Waals surface area contributed by atoms with Crippen LogP contribution in [0.5, 0.6) is 0 Å². The van der Waals surface area contributed by atoms with Crippen molar-refractivity contribution in [2.24, 2.45) is 0 Å². The Morgan fingerprint density at radius 1 is 0.688 bits per heavy atom. The maximum absolute atomic E-state index is 6.00. The monoisotopic (exact) mass is 247 g/mol. The molecule has 0 aromatic carbocycles. The van der Waals surface area contributed by atoms with Gasteiger partial charge in [0, 0.05) is 5.54 Å². The van der Waals surface area contributed by atoms with Crippen molar-refractivity contribution in [2.75, 3.05) is 0 Å². The summed E-state index contributed by atoms with van der Waals surface area (Å²) in [5.74, 6) is 0. The molecular formula is C12H29NO2Si. The SMILES string of the molecule is CC(C)(C)N[SiH](OC(C)(C)C)OC(C)(C)C. The fraction of sp³-hybridized carbons (Fsp3) is 1.00. The molecular weight excluding hydrogens is 218 g/mol. The fourth-order valence-corrected chi connectivity index (χ4v) is 3.24. The van der Waals surface area contributed by atoms with E-state index < -0.39 is 9.45 Å². The van der Waals surface area contributed by atoms with Crippen molar-refractivity contribution in [2.45, 2.75) is 79.1 Å². The van der Waals surface area contributed by atoms with E-state index in [4.69, 9.17) is 8.85 Å². The van der Waals surface area contributed by atoms with Crippen molar-refractivity contribution < 1.29 is 8.85 Å². The molecule has 0 spiro atoms. The third-order valence-electron chi connectivity index (χ3n) is 1.47. The van der Waals surface area contributed by atoms with Crippen LogP contribution < -0.4 is 4.98 Å². The lowest BCUT2D eigenvalue weighted by atomic mass is 10.1. The van der Waals surface area contributed by atoms with Crippen LogP contribution in [-0.4, -0.2) is 26.2 Å². The molecule has 0 saturated heterocycles. The summed E-state index contributed by atoms with van der Waals surface area (Å²) in [6, 6.07) is 0. The van der Waals surface area contributed by atoms with Crippen molar-refractivity contribution in [3.8, 4) is 0 Å². The Balaban J connectivity index is 4.53. The van der Waals surface area contributed by atoms with Crippen LogP contribution in [0.4, 0.5) is 0 Å². The predicted molar refractivity (Wildman–Crippen MR) is 71.7 cm³/mol. The highest BCUT2D eigenvalue weighted by Crippen LogP contribution is 2.16. The summed E-state index contributed by atoms with van der Waals surface area (Å²) in [7, 11) is -1.86. The van der Waals surface area contributed by atoms with Crippen molar-refractivity contribution in [3.05, 3.63) is 0 Å². The van der Waals surface area contributed by atoms with E-state index in [1.54, 1.807) is 0 Å². The summed E-state index contributed by atoms with van der Waals surface area (Å²) in [6.45, 7) is 18.7.